The van der Waals surface area contributed by atoms with Gasteiger partial charge < -0.3 is 15.1 Å². The first-order valence-electron chi connectivity index (χ1n) is 9.94. The van der Waals surface area contributed by atoms with Gasteiger partial charge in [-0.25, -0.2) is 0 Å². The number of benzene rings is 1. The Bertz CT molecular complexity index is 878. The zero-order valence-electron chi connectivity index (χ0n) is 17.1. The molecule has 1 aromatic heterocycles. The van der Waals surface area contributed by atoms with Gasteiger partial charge in [-0.3, -0.25) is 14.5 Å². The normalized spacial score (nSPS) is 17.7. The summed E-state index contributed by atoms with van der Waals surface area (Å²) in [5, 5.41) is 5.80. The van der Waals surface area contributed by atoms with Gasteiger partial charge in [0.1, 0.15) is 0 Å². The van der Waals surface area contributed by atoms with Crippen molar-refractivity contribution in [2.45, 2.75) is 39.2 Å². The number of amides is 2. The van der Waals surface area contributed by atoms with Gasteiger partial charge in [-0.15, -0.1) is 0 Å². The maximum atomic E-state index is 12.7. The Balaban J connectivity index is 1.59. The van der Waals surface area contributed by atoms with Gasteiger partial charge in [0.25, 0.3) is 11.8 Å². The van der Waals surface area contributed by atoms with E-state index in [1.165, 1.54) is 12.8 Å². The van der Waals surface area contributed by atoms with Crippen molar-refractivity contribution in [3.8, 4) is 0 Å². The van der Waals surface area contributed by atoms with Crippen LogP contribution in [-0.4, -0.2) is 41.9 Å². The molecule has 156 valence electrons. The summed E-state index contributed by atoms with van der Waals surface area (Å²) in [6.07, 6.45) is 2.47. The van der Waals surface area contributed by atoms with Crippen LogP contribution in [0.2, 0.25) is 0 Å². The Labute approximate surface area is 180 Å². The van der Waals surface area contributed by atoms with E-state index in [-0.39, 0.29) is 23.1 Å². The predicted octanol–water partition coefficient (Wildman–Crippen LogP) is 4.53. The summed E-state index contributed by atoms with van der Waals surface area (Å²) in [5.41, 5.74) is 0.938. The standard InChI is InChI=1S/C22H28BrN3O3/c1-15-6-5-11-26(13-15)22(2,3)14-24-20(27)16-7-4-8-17(12-16)25-21(28)18-9-10-19(23)29-18/h4,7-10,12,15H,5-6,11,13-14H2,1-3H3,(H,24,27)(H,25,28)/t15-/m0/s1. The third-order valence-corrected chi connectivity index (χ3v) is 5.80. The number of hydrogen-bond acceptors (Lipinski definition) is 4. The number of anilines is 1. The van der Waals surface area contributed by atoms with Gasteiger partial charge in [-0.1, -0.05) is 13.0 Å². The van der Waals surface area contributed by atoms with Gasteiger partial charge in [0.2, 0.25) is 0 Å². The molecule has 7 heteroatoms. The van der Waals surface area contributed by atoms with Crippen molar-refractivity contribution >= 4 is 33.4 Å². The number of carbonyl (C=O) groups excluding carboxylic acids is 2. The second-order valence-electron chi connectivity index (χ2n) is 8.33. The number of furan rings is 1. The van der Waals surface area contributed by atoms with Gasteiger partial charge in [-0.05, 0) is 85.4 Å². The molecule has 1 atom stereocenters. The molecule has 1 aliphatic rings. The Morgan fingerprint density at radius 2 is 2.03 bits per heavy atom. The van der Waals surface area contributed by atoms with Crippen LogP contribution in [0.5, 0.6) is 0 Å². The smallest absolute Gasteiger partial charge is 0.291 e. The maximum absolute atomic E-state index is 12.7. The number of hydrogen-bond donors (Lipinski definition) is 2. The highest BCUT2D eigenvalue weighted by atomic mass is 79.9. The SMILES string of the molecule is C[C@H]1CCCN(C(C)(C)CNC(=O)c2cccc(NC(=O)c3ccc(Br)o3)c2)C1. The summed E-state index contributed by atoms with van der Waals surface area (Å²) >= 11 is 3.18. The van der Waals surface area contributed by atoms with E-state index in [0.29, 0.717) is 28.4 Å². The van der Waals surface area contributed by atoms with Crippen LogP contribution in [0.15, 0.2) is 45.5 Å². The Hall–Kier alpha value is -2.12. The molecule has 0 radical (unpaired) electrons. The molecule has 2 aromatic rings. The molecule has 1 aliphatic heterocycles. The van der Waals surface area contributed by atoms with Crippen LogP contribution in [0, 0.1) is 5.92 Å². The molecule has 0 bridgehead atoms. The first kappa shape index (κ1) is 21.6. The lowest BCUT2D eigenvalue weighted by atomic mass is 9.93. The van der Waals surface area contributed by atoms with E-state index in [1.807, 2.05) is 0 Å². The molecule has 1 fully saturated rings. The van der Waals surface area contributed by atoms with Gasteiger partial charge in [-0.2, -0.15) is 0 Å². The number of halogens is 1. The molecule has 6 nitrogen and oxygen atoms in total. The highest BCUT2D eigenvalue weighted by Crippen LogP contribution is 2.23. The van der Waals surface area contributed by atoms with E-state index in [4.69, 9.17) is 4.42 Å². The van der Waals surface area contributed by atoms with Crippen molar-refractivity contribution in [3.63, 3.8) is 0 Å². The molecule has 2 N–H and O–H groups in total. The number of rotatable bonds is 6. The Morgan fingerprint density at radius 1 is 1.24 bits per heavy atom. The molecule has 3 rings (SSSR count). The van der Waals surface area contributed by atoms with Crippen LogP contribution < -0.4 is 10.6 Å². The number of carbonyl (C=O) groups is 2. The zero-order valence-corrected chi connectivity index (χ0v) is 18.7. The third-order valence-electron chi connectivity index (χ3n) is 5.37. The fourth-order valence-corrected chi connectivity index (χ4v) is 3.92. The fraction of sp³-hybridized carbons (Fsp3) is 0.455. The molecular formula is C22H28BrN3O3. The number of likely N-dealkylation sites (tertiary alicyclic amines) is 1. The monoisotopic (exact) mass is 461 g/mol. The van der Waals surface area contributed by atoms with Crippen LogP contribution in [0.25, 0.3) is 0 Å². The molecule has 0 unspecified atom stereocenters. The fourth-order valence-electron chi connectivity index (χ4n) is 3.62. The lowest BCUT2D eigenvalue weighted by molar-refractivity contribution is 0.0657. The van der Waals surface area contributed by atoms with Crippen LogP contribution in [0.4, 0.5) is 5.69 Å². The lowest BCUT2D eigenvalue weighted by Crippen LogP contribution is -2.54. The highest BCUT2D eigenvalue weighted by Gasteiger charge is 2.30. The predicted molar refractivity (Wildman–Crippen MR) is 117 cm³/mol. The molecule has 0 spiro atoms. The summed E-state index contributed by atoms with van der Waals surface area (Å²) < 4.78 is 5.74. The number of piperidine rings is 1. The minimum atomic E-state index is -0.367. The van der Waals surface area contributed by atoms with Crippen molar-refractivity contribution in [1.82, 2.24) is 10.2 Å². The van der Waals surface area contributed by atoms with E-state index in [1.54, 1.807) is 36.4 Å². The van der Waals surface area contributed by atoms with Crippen LogP contribution >= 0.6 is 15.9 Å². The quantitative estimate of drug-likeness (QED) is 0.662. The molecule has 2 heterocycles. The van der Waals surface area contributed by atoms with Gasteiger partial charge in [0.15, 0.2) is 10.4 Å². The zero-order chi connectivity index (χ0) is 21.0. The van der Waals surface area contributed by atoms with Gasteiger partial charge >= 0.3 is 0 Å². The lowest BCUT2D eigenvalue weighted by Gasteiger charge is -2.43. The number of nitrogens with zero attached hydrogens (tertiary/aromatic N) is 1. The Kier molecular flexibility index (Phi) is 6.80. The second kappa shape index (κ2) is 9.13. The van der Waals surface area contributed by atoms with Gasteiger partial charge in [0.05, 0.1) is 0 Å². The molecule has 0 aliphatic carbocycles. The van der Waals surface area contributed by atoms with E-state index in [0.717, 1.165) is 13.1 Å². The van der Waals surface area contributed by atoms with Crippen molar-refractivity contribution in [3.05, 3.63) is 52.4 Å². The van der Waals surface area contributed by atoms with Crippen LogP contribution in [0.1, 0.15) is 54.5 Å². The van der Waals surface area contributed by atoms with E-state index >= 15 is 0 Å². The first-order chi connectivity index (χ1) is 13.7. The van der Waals surface area contributed by atoms with Crippen molar-refractivity contribution < 1.29 is 14.0 Å². The largest absolute Gasteiger partial charge is 0.444 e. The molecule has 2 amide bonds. The van der Waals surface area contributed by atoms with E-state index in [2.05, 4.69) is 52.2 Å². The average molecular weight is 462 g/mol. The maximum Gasteiger partial charge on any atom is 0.291 e. The highest BCUT2D eigenvalue weighted by molar-refractivity contribution is 9.10. The number of nitrogens with one attached hydrogen (secondary N) is 2. The summed E-state index contributed by atoms with van der Waals surface area (Å²) in [5.74, 6) is 0.367. The Morgan fingerprint density at radius 3 is 2.72 bits per heavy atom. The van der Waals surface area contributed by atoms with Crippen LogP contribution in [-0.2, 0) is 0 Å². The average Bonchev–Trinajstić information content (AvgIpc) is 3.13. The second-order valence-corrected chi connectivity index (χ2v) is 9.11. The van der Waals surface area contributed by atoms with Crippen molar-refractivity contribution in [2.75, 3.05) is 25.0 Å². The summed E-state index contributed by atoms with van der Waals surface area (Å²) in [4.78, 5) is 27.4. The summed E-state index contributed by atoms with van der Waals surface area (Å²) in [7, 11) is 0. The minimum Gasteiger partial charge on any atom is -0.444 e. The molecular weight excluding hydrogens is 434 g/mol. The molecule has 29 heavy (non-hydrogen) atoms. The molecule has 1 saturated heterocycles. The minimum absolute atomic E-state index is 0.108. The van der Waals surface area contributed by atoms with Crippen LogP contribution in [0.3, 0.4) is 0 Å². The van der Waals surface area contributed by atoms with Crippen molar-refractivity contribution in [2.24, 2.45) is 5.92 Å². The summed E-state index contributed by atoms with van der Waals surface area (Å²) in [6.45, 7) is 9.31. The van der Waals surface area contributed by atoms with Crippen molar-refractivity contribution in [1.29, 1.82) is 0 Å². The third kappa shape index (κ3) is 5.70. The van der Waals surface area contributed by atoms with Gasteiger partial charge in [0, 0.05) is 29.9 Å². The van der Waals surface area contributed by atoms with E-state index < -0.39 is 0 Å². The summed E-state index contributed by atoms with van der Waals surface area (Å²) in [6, 6.07) is 10.1. The molecule has 0 saturated carbocycles. The van der Waals surface area contributed by atoms with E-state index in [9.17, 15) is 9.59 Å². The molecule has 1 aromatic carbocycles. The topological polar surface area (TPSA) is 74.6 Å². The first-order valence-corrected chi connectivity index (χ1v) is 10.7.